The summed E-state index contributed by atoms with van der Waals surface area (Å²) in [4.78, 5) is 12.2. The van der Waals surface area contributed by atoms with Crippen LogP contribution in [0.25, 0.3) is 5.69 Å². The summed E-state index contributed by atoms with van der Waals surface area (Å²) in [5.41, 5.74) is 8.29. The fourth-order valence-corrected chi connectivity index (χ4v) is 2.05. The van der Waals surface area contributed by atoms with Gasteiger partial charge in [0.05, 0.1) is 11.3 Å². The van der Waals surface area contributed by atoms with E-state index in [1.54, 1.807) is 35.1 Å². The first-order valence-electron chi connectivity index (χ1n) is 6.50. The fraction of sp³-hybridized carbons (Fsp3) is 0. The summed E-state index contributed by atoms with van der Waals surface area (Å²) in [7, 11) is 0. The largest absolute Gasteiger partial charge is 0.398 e. The van der Waals surface area contributed by atoms with E-state index in [2.05, 4.69) is 10.4 Å². The zero-order valence-corrected chi connectivity index (χ0v) is 11.2. The molecule has 0 saturated heterocycles. The number of benzene rings is 2. The van der Waals surface area contributed by atoms with Gasteiger partial charge in [-0.05, 0) is 36.4 Å². The molecule has 0 aliphatic heterocycles. The van der Waals surface area contributed by atoms with Gasteiger partial charge in [-0.15, -0.1) is 0 Å². The monoisotopic (exact) mass is 278 g/mol. The number of nitrogen functional groups attached to an aromatic ring is 1. The third-order valence-corrected chi connectivity index (χ3v) is 3.08. The van der Waals surface area contributed by atoms with Crippen molar-refractivity contribution < 1.29 is 4.79 Å². The van der Waals surface area contributed by atoms with E-state index in [4.69, 9.17) is 5.73 Å². The SMILES string of the molecule is Nc1ccccc1C(=O)Nc1cccc(-n2cccn2)c1. The average molecular weight is 278 g/mol. The molecule has 2 aromatic carbocycles. The Hall–Kier alpha value is -3.08. The number of nitrogens with two attached hydrogens (primary N) is 1. The summed E-state index contributed by atoms with van der Waals surface area (Å²) in [6.45, 7) is 0. The Labute approximate surface area is 122 Å². The Morgan fingerprint density at radius 2 is 1.95 bits per heavy atom. The number of amides is 1. The predicted molar refractivity (Wildman–Crippen MR) is 82.4 cm³/mol. The normalized spacial score (nSPS) is 10.3. The molecule has 3 N–H and O–H groups in total. The van der Waals surface area contributed by atoms with Crippen LogP contribution in [0.2, 0.25) is 0 Å². The molecule has 104 valence electrons. The molecule has 3 rings (SSSR count). The number of carbonyl (C=O) groups excluding carboxylic acids is 1. The second-order valence-corrected chi connectivity index (χ2v) is 4.54. The lowest BCUT2D eigenvalue weighted by Crippen LogP contribution is -2.14. The quantitative estimate of drug-likeness (QED) is 0.723. The van der Waals surface area contributed by atoms with E-state index in [0.29, 0.717) is 16.9 Å². The molecule has 0 spiro atoms. The van der Waals surface area contributed by atoms with Gasteiger partial charge >= 0.3 is 0 Å². The molecule has 0 atom stereocenters. The number of nitrogens with one attached hydrogen (secondary N) is 1. The van der Waals surface area contributed by atoms with Crippen LogP contribution in [0, 0.1) is 0 Å². The molecule has 0 unspecified atom stereocenters. The van der Waals surface area contributed by atoms with Gasteiger partial charge in [0.15, 0.2) is 0 Å². The van der Waals surface area contributed by atoms with Gasteiger partial charge in [0.1, 0.15) is 0 Å². The Kier molecular flexibility index (Phi) is 3.39. The van der Waals surface area contributed by atoms with Gasteiger partial charge in [-0.2, -0.15) is 5.10 Å². The summed E-state index contributed by atoms with van der Waals surface area (Å²) in [5.74, 6) is -0.231. The fourth-order valence-electron chi connectivity index (χ4n) is 2.05. The van der Waals surface area contributed by atoms with Gasteiger partial charge in [-0.3, -0.25) is 4.79 Å². The topological polar surface area (TPSA) is 72.9 Å². The molecule has 1 heterocycles. The smallest absolute Gasteiger partial charge is 0.257 e. The van der Waals surface area contributed by atoms with Crippen molar-refractivity contribution in [2.75, 3.05) is 11.1 Å². The number of rotatable bonds is 3. The Morgan fingerprint density at radius 1 is 1.10 bits per heavy atom. The zero-order valence-electron chi connectivity index (χ0n) is 11.2. The van der Waals surface area contributed by atoms with E-state index in [0.717, 1.165) is 5.69 Å². The first-order valence-corrected chi connectivity index (χ1v) is 6.50. The summed E-state index contributed by atoms with van der Waals surface area (Å²) < 4.78 is 1.73. The Balaban J connectivity index is 1.84. The molecule has 1 amide bonds. The van der Waals surface area contributed by atoms with Crippen molar-refractivity contribution >= 4 is 17.3 Å². The lowest BCUT2D eigenvalue weighted by molar-refractivity contribution is 0.102. The highest BCUT2D eigenvalue weighted by molar-refractivity contribution is 6.07. The van der Waals surface area contributed by atoms with Crippen molar-refractivity contribution in [2.24, 2.45) is 0 Å². The number of aromatic nitrogens is 2. The van der Waals surface area contributed by atoms with E-state index in [1.165, 1.54) is 0 Å². The third kappa shape index (κ3) is 2.76. The van der Waals surface area contributed by atoms with Gasteiger partial charge in [-0.1, -0.05) is 18.2 Å². The minimum absolute atomic E-state index is 0.231. The van der Waals surface area contributed by atoms with Gasteiger partial charge in [0.2, 0.25) is 0 Å². The number of hydrogen-bond acceptors (Lipinski definition) is 3. The number of para-hydroxylation sites is 1. The standard InChI is InChI=1S/C16H14N4O/c17-15-8-2-1-7-14(15)16(21)19-12-5-3-6-13(11-12)20-10-4-9-18-20/h1-11H,17H2,(H,19,21). The molecule has 0 aliphatic carbocycles. The van der Waals surface area contributed by atoms with Crippen LogP contribution in [-0.4, -0.2) is 15.7 Å². The molecule has 5 nitrogen and oxygen atoms in total. The minimum Gasteiger partial charge on any atom is -0.398 e. The van der Waals surface area contributed by atoms with E-state index in [-0.39, 0.29) is 5.91 Å². The van der Waals surface area contributed by atoms with Crippen LogP contribution in [0.15, 0.2) is 67.0 Å². The molecule has 0 fully saturated rings. The minimum atomic E-state index is -0.231. The van der Waals surface area contributed by atoms with Crippen LogP contribution in [0.3, 0.4) is 0 Å². The van der Waals surface area contributed by atoms with Crippen LogP contribution < -0.4 is 11.1 Å². The second kappa shape index (κ2) is 5.50. The van der Waals surface area contributed by atoms with E-state index < -0.39 is 0 Å². The van der Waals surface area contributed by atoms with Crippen LogP contribution in [0.5, 0.6) is 0 Å². The summed E-state index contributed by atoms with van der Waals surface area (Å²) in [5, 5.41) is 7.00. The van der Waals surface area contributed by atoms with Crippen molar-refractivity contribution in [3.05, 3.63) is 72.6 Å². The second-order valence-electron chi connectivity index (χ2n) is 4.54. The number of nitrogens with zero attached hydrogens (tertiary/aromatic N) is 2. The first kappa shape index (κ1) is 12.9. The van der Waals surface area contributed by atoms with Crippen molar-refractivity contribution in [3.63, 3.8) is 0 Å². The van der Waals surface area contributed by atoms with Gasteiger partial charge in [0.25, 0.3) is 5.91 Å². The van der Waals surface area contributed by atoms with Crippen molar-refractivity contribution in [3.8, 4) is 5.69 Å². The predicted octanol–water partition coefficient (Wildman–Crippen LogP) is 2.71. The molecule has 3 aromatic rings. The highest BCUT2D eigenvalue weighted by Gasteiger charge is 2.09. The molecule has 0 saturated carbocycles. The molecule has 0 bridgehead atoms. The van der Waals surface area contributed by atoms with E-state index in [9.17, 15) is 4.79 Å². The molecule has 5 heteroatoms. The van der Waals surface area contributed by atoms with Gasteiger partial charge < -0.3 is 11.1 Å². The highest BCUT2D eigenvalue weighted by Crippen LogP contribution is 2.17. The maximum atomic E-state index is 12.2. The van der Waals surface area contributed by atoms with E-state index in [1.807, 2.05) is 36.5 Å². The number of carbonyl (C=O) groups is 1. The molecule has 0 radical (unpaired) electrons. The van der Waals surface area contributed by atoms with Crippen LogP contribution >= 0.6 is 0 Å². The molecule has 1 aromatic heterocycles. The summed E-state index contributed by atoms with van der Waals surface area (Å²) >= 11 is 0. The number of hydrogen-bond donors (Lipinski definition) is 2. The van der Waals surface area contributed by atoms with Crippen molar-refractivity contribution in [1.29, 1.82) is 0 Å². The summed E-state index contributed by atoms with van der Waals surface area (Å²) in [6.07, 6.45) is 3.55. The maximum Gasteiger partial charge on any atom is 0.257 e. The van der Waals surface area contributed by atoms with Crippen LogP contribution in [0.1, 0.15) is 10.4 Å². The zero-order chi connectivity index (χ0) is 14.7. The van der Waals surface area contributed by atoms with E-state index >= 15 is 0 Å². The highest BCUT2D eigenvalue weighted by atomic mass is 16.1. The lowest BCUT2D eigenvalue weighted by atomic mass is 10.1. The molecule has 21 heavy (non-hydrogen) atoms. The molecular formula is C16H14N4O. The lowest BCUT2D eigenvalue weighted by Gasteiger charge is -2.09. The average Bonchev–Trinajstić information content (AvgIpc) is 3.02. The maximum absolute atomic E-state index is 12.2. The van der Waals surface area contributed by atoms with Crippen molar-refractivity contribution in [1.82, 2.24) is 9.78 Å². The summed E-state index contributed by atoms with van der Waals surface area (Å²) in [6, 6.07) is 16.3. The van der Waals surface area contributed by atoms with Gasteiger partial charge in [0, 0.05) is 23.8 Å². The Morgan fingerprint density at radius 3 is 2.71 bits per heavy atom. The van der Waals surface area contributed by atoms with Crippen LogP contribution in [0.4, 0.5) is 11.4 Å². The van der Waals surface area contributed by atoms with Crippen LogP contribution in [-0.2, 0) is 0 Å². The Bertz CT molecular complexity index is 765. The molecule has 0 aliphatic rings. The van der Waals surface area contributed by atoms with Crippen molar-refractivity contribution in [2.45, 2.75) is 0 Å². The first-order chi connectivity index (χ1) is 10.2. The van der Waals surface area contributed by atoms with Gasteiger partial charge in [-0.25, -0.2) is 4.68 Å². The number of anilines is 2. The molecular weight excluding hydrogens is 264 g/mol. The third-order valence-electron chi connectivity index (χ3n) is 3.08.